The number of ether oxygens (including phenoxy) is 5. The highest BCUT2D eigenvalue weighted by molar-refractivity contribution is 5.92. The van der Waals surface area contributed by atoms with E-state index in [4.69, 9.17) is 23.7 Å². The van der Waals surface area contributed by atoms with Gasteiger partial charge in [-0.25, -0.2) is 9.59 Å². The number of ketones is 1. The number of benzene rings is 7. The van der Waals surface area contributed by atoms with E-state index in [1.807, 2.05) is 107 Å². The molecule has 67 heavy (non-hydrogen) atoms. The molecule has 0 saturated carbocycles. The Balaban J connectivity index is 0.893. The van der Waals surface area contributed by atoms with Crippen LogP contribution in [0.4, 0.5) is 0 Å². The van der Waals surface area contributed by atoms with Gasteiger partial charge in [-0.05, 0) is 163 Å². The summed E-state index contributed by atoms with van der Waals surface area (Å²) in [7, 11) is 1.67. The molecule has 340 valence electrons. The number of aryl methyl sites for hydroxylation is 4. The standard InChI is InChI=1S/C58H54O9/c1-35-29-46(17-25-52(35)63-8)40(6)48-19-27-54(37(3)31-48)66-57(61)44-13-21-50(22-14-44)64-51-23-15-45(16-24-51)58(62)67-55-28-20-49(32-38(55)4)41(7)47-18-26-53(36(2)30-47)65-56(60)34-43-11-9-42(10-12-43)33-39(5)59/h9-32,40-41H,33-34H2,1-8H3. The van der Waals surface area contributed by atoms with Crippen molar-refractivity contribution in [1.29, 1.82) is 0 Å². The molecule has 7 aromatic rings. The lowest BCUT2D eigenvalue weighted by molar-refractivity contribution is -0.133. The van der Waals surface area contributed by atoms with E-state index in [0.717, 1.165) is 55.8 Å². The van der Waals surface area contributed by atoms with Crippen molar-refractivity contribution in [2.45, 2.75) is 73.1 Å². The first-order chi connectivity index (χ1) is 32.1. The van der Waals surface area contributed by atoms with E-state index in [2.05, 4.69) is 26.0 Å². The summed E-state index contributed by atoms with van der Waals surface area (Å²) in [6.07, 6.45) is 0.490. The molecule has 2 unspecified atom stereocenters. The Labute approximate surface area is 392 Å². The zero-order valence-corrected chi connectivity index (χ0v) is 39.1. The second kappa shape index (κ2) is 21.0. The molecule has 0 bridgehead atoms. The lowest BCUT2D eigenvalue weighted by atomic mass is 9.91. The molecule has 0 N–H and O–H groups in total. The van der Waals surface area contributed by atoms with Crippen molar-refractivity contribution in [3.05, 3.63) is 212 Å². The van der Waals surface area contributed by atoms with Crippen molar-refractivity contribution in [2.24, 2.45) is 0 Å². The maximum Gasteiger partial charge on any atom is 0.343 e. The van der Waals surface area contributed by atoms with E-state index in [9.17, 15) is 19.2 Å². The molecule has 7 rings (SSSR count). The van der Waals surface area contributed by atoms with Crippen molar-refractivity contribution >= 4 is 23.7 Å². The number of carbonyl (C=O) groups excluding carboxylic acids is 4. The largest absolute Gasteiger partial charge is 0.496 e. The van der Waals surface area contributed by atoms with E-state index >= 15 is 0 Å². The van der Waals surface area contributed by atoms with Gasteiger partial charge in [0, 0.05) is 18.3 Å². The second-order valence-electron chi connectivity index (χ2n) is 17.0. The third kappa shape index (κ3) is 11.9. The molecular weight excluding hydrogens is 841 g/mol. The molecule has 0 radical (unpaired) electrons. The molecule has 9 heteroatoms. The lowest BCUT2D eigenvalue weighted by Gasteiger charge is -2.17. The highest BCUT2D eigenvalue weighted by Crippen LogP contribution is 2.34. The van der Waals surface area contributed by atoms with E-state index in [1.54, 1.807) is 68.6 Å². The molecule has 0 aliphatic carbocycles. The van der Waals surface area contributed by atoms with Crippen LogP contribution in [0.25, 0.3) is 0 Å². The number of hydrogen-bond donors (Lipinski definition) is 0. The van der Waals surface area contributed by atoms with Crippen LogP contribution in [0.1, 0.15) is 109 Å². The van der Waals surface area contributed by atoms with Crippen LogP contribution in [0, 0.1) is 27.7 Å². The number of carbonyl (C=O) groups is 4. The zero-order chi connectivity index (χ0) is 47.8. The Morgan fingerprint density at radius 3 is 1.12 bits per heavy atom. The average molecular weight is 895 g/mol. The molecule has 0 aliphatic heterocycles. The summed E-state index contributed by atoms with van der Waals surface area (Å²) >= 11 is 0. The number of Topliss-reactive ketones (excluding diaryl/α,β-unsaturated/α-hetero) is 1. The minimum Gasteiger partial charge on any atom is -0.496 e. The lowest BCUT2D eigenvalue weighted by Crippen LogP contribution is -2.12. The van der Waals surface area contributed by atoms with Crippen molar-refractivity contribution < 1.29 is 42.9 Å². The van der Waals surface area contributed by atoms with Gasteiger partial charge in [0.2, 0.25) is 0 Å². The highest BCUT2D eigenvalue weighted by Gasteiger charge is 2.18. The number of esters is 3. The molecule has 2 atom stereocenters. The SMILES string of the molecule is COc1ccc(C(C)c2ccc(OC(=O)c3ccc(Oc4ccc(C(=O)Oc5ccc(C(C)c6ccc(OC(=O)Cc7ccc(CC(C)=O)cc7)c(C)c6)cc5C)cc4)cc3)c(C)c2)cc1C. The normalized spacial score (nSPS) is 11.8. The first-order valence-electron chi connectivity index (χ1n) is 22.2. The minimum atomic E-state index is -0.504. The van der Waals surface area contributed by atoms with Crippen molar-refractivity contribution in [2.75, 3.05) is 7.11 Å². The van der Waals surface area contributed by atoms with Gasteiger partial charge in [0.15, 0.2) is 0 Å². The highest BCUT2D eigenvalue weighted by atomic mass is 16.5. The van der Waals surface area contributed by atoms with Gasteiger partial charge in [-0.3, -0.25) is 9.59 Å². The summed E-state index contributed by atoms with van der Waals surface area (Å²) in [6.45, 7) is 13.6. The van der Waals surface area contributed by atoms with E-state index in [0.29, 0.717) is 46.3 Å². The third-order valence-electron chi connectivity index (χ3n) is 11.9. The van der Waals surface area contributed by atoms with Crippen LogP contribution in [0.15, 0.2) is 146 Å². The Morgan fingerprint density at radius 2 is 0.776 bits per heavy atom. The summed E-state index contributed by atoms with van der Waals surface area (Å²) in [6, 6.07) is 44.3. The molecule has 0 spiro atoms. The van der Waals surface area contributed by atoms with Crippen molar-refractivity contribution in [1.82, 2.24) is 0 Å². The van der Waals surface area contributed by atoms with Crippen LogP contribution in [0.2, 0.25) is 0 Å². The maximum atomic E-state index is 13.2. The maximum absolute atomic E-state index is 13.2. The second-order valence-corrected chi connectivity index (χ2v) is 17.0. The monoisotopic (exact) mass is 894 g/mol. The predicted octanol–water partition coefficient (Wildman–Crippen LogP) is 12.7. The van der Waals surface area contributed by atoms with Gasteiger partial charge in [-0.15, -0.1) is 0 Å². The van der Waals surface area contributed by atoms with E-state index in [1.165, 1.54) is 5.56 Å². The quantitative estimate of drug-likeness (QED) is 0.0691. The van der Waals surface area contributed by atoms with Gasteiger partial charge in [-0.2, -0.15) is 0 Å². The Bertz CT molecular complexity index is 2930. The summed E-state index contributed by atoms with van der Waals surface area (Å²) in [5, 5.41) is 0. The van der Waals surface area contributed by atoms with Crippen molar-refractivity contribution in [3.8, 4) is 34.5 Å². The Kier molecular flexibility index (Phi) is 14.8. The van der Waals surface area contributed by atoms with Crippen LogP contribution in [-0.4, -0.2) is 30.8 Å². The van der Waals surface area contributed by atoms with Crippen LogP contribution in [0.5, 0.6) is 34.5 Å². The molecular formula is C58H54O9. The summed E-state index contributed by atoms with van der Waals surface area (Å²) in [4.78, 5) is 50.5. The van der Waals surface area contributed by atoms with Crippen molar-refractivity contribution in [3.63, 3.8) is 0 Å². The van der Waals surface area contributed by atoms with Gasteiger partial charge in [0.25, 0.3) is 0 Å². The molecule has 9 nitrogen and oxygen atoms in total. The summed E-state index contributed by atoms with van der Waals surface area (Å²) in [5.41, 5.74) is 10.4. The zero-order valence-electron chi connectivity index (χ0n) is 39.1. The van der Waals surface area contributed by atoms with Gasteiger partial charge in [-0.1, -0.05) is 86.6 Å². The summed E-state index contributed by atoms with van der Waals surface area (Å²) < 4.78 is 28.7. The van der Waals surface area contributed by atoms with Crippen LogP contribution >= 0.6 is 0 Å². The first-order valence-corrected chi connectivity index (χ1v) is 22.2. The van der Waals surface area contributed by atoms with Gasteiger partial charge >= 0.3 is 17.9 Å². The van der Waals surface area contributed by atoms with Gasteiger partial charge in [0.05, 0.1) is 24.7 Å². The Hall–Kier alpha value is -7.78. The molecule has 0 aliphatic rings. The fraction of sp³-hybridized carbons (Fsp3) is 0.207. The third-order valence-corrected chi connectivity index (χ3v) is 11.9. The molecule has 0 saturated heterocycles. The number of methoxy groups -OCH3 is 1. The fourth-order valence-corrected chi connectivity index (χ4v) is 7.88. The molecule has 0 fully saturated rings. The van der Waals surface area contributed by atoms with Crippen LogP contribution in [0.3, 0.4) is 0 Å². The molecule has 0 amide bonds. The number of hydrogen-bond acceptors (Lipinski definition) is 9. The number of rotatable bonds is 16. The predicted molar refractivity (Wildman–Crippen MR) is 259 cm³/mol. The Morgan fingerprint density at radius 1 is 0.433 bits per heavy atom. The van der Waals surface area contributed by atoms with E-state index in [-0.39, 0.29) is 30.0 Å². The first kappa shape index (κ1) is 47.2. The van der Waals surface area contributed by atoms with Gasteiger partial charge < -0.3 is 23.7 Å². The average Bonchev–Trinajstić information content (AvgIpc) is 3.31. The van der Waals surface area contributed by atoms with Crippen LogP contribution < -0.4 is 23.7 Å². The fourth-order valence-electron chi connectivity index (χ4n) is 7.88. The topological polar surface area (TPSA) is 114 Å². The smallest absolute Gasteiger partial charge is 0.343 e. The van der Waals surface area contributed by atoms with E-state index < -0.39 is 11.9 Å². The molecule has 0 aromatic heterocycles. The minimum absolute atomic E-state index is 0.0104. The summed E-state index contributed by atoms with van der Waals surface area (Å²) in [5.74, 6) is 2.21. The molecule has 0 heterocycles. The van der Waals surface area contributed by atoms with Gasteiger partial charge in [0.1, 0.15) is 40.3 Å². The molecule has 7 aromatic carbocycles. The van der Waals surface area contributed by atoms with Crippen LogP contribution in [-0.2, 0) is 22.4 Å².